The predicted octanol–water partition coefficient (Wildman–Crippen LogP) is 3.08. The van der Waals surface area contributed by atoms with Gasteiger partial charge in [-0.15, -0.1) is 0 Å². The van der Waals surface area contributed by atoms with Crippen molar-refractivity contribution < 1.29 is 0 Å². The molecule has 0 aromatic rings. The monoisotopic (exact) mass is 238 g/mol. The summed E-state index contributed by atoms with van der Waals surface area (Å²) < 4.78 is 0. The van der Waals surface area contributed by atoms with Gasteiger partial charge in [-0.1, -0.05) is 26.2 Å². The zero-order valence-electron chi connectivity index (χ0n) is 11.8. The fourth-order valence-corrected chi connectivity index (χ4v) is 3.52. The molecule has 1 saturated heterocycles. The summed E-state index contributed by atoms with van der Waals surface area (Å²) in [5, 5.41) is 7.43. The Morgan fingerprint density at radius 3 is 2.24 bits per heavy atom. The van der Waals surface area contributed by atoms with Gasteiger partial charge in [-0.3, -0.25) is 0 Å². The molecule has 2 nitrogen and oxygen atoms in total. The Kier molecular flexibility index (Phi) is 4.48. The average Bonchev–Trinajstić information content (AvgIpc) is 2.39. The van der Waals surface area contributed by atoms with Crippen LogP contribution in [-0.2, 0) is 0 Å². The zero-order chi connectivity index (χ0) is 12.2. The van der Waals surface area contributed by atoms with Gasteiger partial charge in [0.1, 0.15) is 0 Å². The third-order valence-electron chi connectivity index (χ3n) is 5.26. The topological polar surface area (TPSA) is 24.1 Å². The van der Waals surface area contributed by atoms with Gasteiger partial charge in [-0.25, -0.2) is 0 Å². The van der Waals surface area contributed by atoms with Crippen LogP contribution in [0.15, 0.2) is 0 Å². The van der Waals surface area contributed by atoms with Crippen molar-refractivity contribution >= 4 is 0 Å². The molecule has 0 radical (unpaired) electrons. The van der Waals surface area contributed by atoms with Crippen molar-refractivity contribution in [3.8, 4) is 0 Å². The van der Waals surface area contributed by atoms with E-state index in [-0.39, 0.29) is 0 Å². The SMILES string of the molecule is CCC1(CNC2(C)CCCCC2)CCNCC1. The number of hydrogen-bond acceptors (Lipinski definition) is 2. The maximum Gasteiger partial charge on any atom is 0.0153 e. The van der Waals surface area contributed by atoms with Crippen molar-refractivity contribution in [2.45, 2.75) is 70.8 Å². The molecule has 0 aromatic heterocycles. The van der Waals surface area contributed by atoms with Crippen LogP contribution in [0.4, 0.5) is 0 Å². The second kappa shape index (κ2) is 5.71. The highest BCUT2D eigenvalue weighted by Gasteiger charge is 2.33. The second-order valence-corrected chi connectivity index (χ2v) is 6.58. The summed E-state index contributed by atoms with van der Waals surface area (Å²) in [6.45, 7) is 8.48. The first-order chi connectivity index (χ1) is 8.18. The van der Waals surface area contributed by atoms with Crippen LogP contribution in [0, 0.1) is 5.41 Å². The van der Waals surface area contributed by atoms with Crippen molar-refractivity contribution in [3.63, 3.8) is 0 Å². The molecule has 0 amide bonds. The van der Waals surface area contributed by atoms with E-state index in [0.29, 0.717) is 11.0 Å². The van der Waals surface area contributed by atoms with Crippen molar-refractivity contribution in [2.24, 2.45) is 5.41 Å². The molecule has 1 aliphatic heterocycles. The molecule has 0 spiro atoms. The van der Waals surface area contributed by atoms with Crippen LogP contribution >= 0.6 is 0 Å². The van der Waals surface area contributed by atoms with Crippen molar-refractivity contribution in [2.75, 3.05) is 19.6 Å². The van der Waals surface area contributed by atoms with E-state index in [1.165, 1.54) is 71.0 Å². The first kappa shape index (κ1) is 13.4. The molecule has 2 fully saturated rings. The third kappa shape index (κ3) is 3.45. The molecule has 2 N–H and O–H groups in total. The van der Waals surface area contributed by atoms with Crippen LogP contribution in [0.2, 0.25) is 0 Å². The molecule has 1 aliphatic carbocycles. The van der Waals surface area contributed by atoms with Gasteiger partial charge >= 0.3 is 0 Å². The molecule has 0 bridgehead atoms. The molecule has 2 rings (SSSR count). The lowest BCUT2D eigenvalue weighted by Gasteiger charge is -2.42. The Labute approximate surface area is 107 Å². The van der Waals surface area contributed by atoms with Gasteiger partial charge in [-0.05, 0) is 57.5 Å². The quantitative estimate of drug-likeness (QED) is 0.786. The molecule has 0 unspecified atom stereocenters. The molecule has 100 valence electrons. The van der Waals surface area contributed by atoms with E-state index in [0.717, 1.165) is 0 Å². The number of nitrogens with one attached hydrogen (secondary N) is 2. The summed E-state index contributed by atoms with van der Waals surface area (Å²) in [7, 11) is 0. The Morgan fingerprint density at radius 1 is 1.00 bits per heavy atom. The lowest BCUT2D eigenvalue weighted by molar-refractivity contribution is 0.147. The Balaban J connectivity index is 1.86. The van der Waals surface area contributed by atoms with Crippen LogP contribution in [-0.4, -0.2) is 25.2 Å². The molecule has 2 heteroatoms. The first-order valence-corrected chi connectivity index (χ1v) is 7.64. The van der Waals surface area contributed by atoms with E-state index in [2.05, 4.69) is 24.5 Å². The zero-order valence-corrected chi connectivity index (χ0v) is 11.8. The van der Waals surface area contributed by atoms with Crippen molar-refractivity contribution in [1.82, 2.24) is 10.6 Å². The predicted molar refractivity (Wildman–Crippen MR) is 74.3 cm³/mol. The second-order valence-electron chi connectivity index (χ2n) is 6.58. The van der Waals surface area contributed by atoms with Crippen molar-refractivity contribution in [3.05, 3.63) is 0 Å². The van der Waals surface area contributed by atoms with Gasteiger partial charge in [0.05, 0.1) is 0 Å². The summed E-state index contributed by atoms with van der Waals surface area (Å²) in [5.41, 5.74) is 1.01. The number of rotatable bonds is 4. The summed E-state index contributed by atoms with van der Waals surface area (Å²) >= 11 is 0. The maximum absolute atomic E-state index is 3.93. The lowest BCUT2D eigenvalue weighted by Crippen LogP contribution is -2.51. The minimum absolute atomic E-state index is 0.436. The van der Waals surface area contributed by atoms with Gasteiger partial charge in [-0.2, -0.15) is 0 Å². The van der Waals surface area contributed by atoms with E-state index in [1.807, 2.05) is 0 Å². The van der Waals surface area contributed by atoms with Gasteiger partial charge in [0.15, 0.2) is 0 Å². The van der Waals surface area contributed by atoms with Crippen LogP contribution in [0.25, 0.3) is 0 Å². The summed E-state index contributed by atoms with van der Waals surface area (Å²) in [4.78, 5) is 0. The molecule has 0 aromatic carbocycles. The number of piperidine rings is 1. The van der Waals surface area contributed by atoms with E-state index in [1.54, 1.807) is 0 Å². The molecule has 1 saturated carbocycles. The maximum atomic E-state index is 3.93. The molecule has 17 heavy (non-hydrogen) atoms. The van der Waals surface area contributed by atoms with Gasteiger partial charge < -0.3 is 10.6 Å². The normalized spacial score (nSPS) is 27.9. The molecule has 0 atom stereocenters. The van der Waals surface area contributed by atoms with Crippen LogP contribution in [0.3, 0.4) is 0 Å². The molecular weight excluding hydrogens is 208 g/mol. The Morgan fingerprint density at radius 2 is 1.65 bits per heavy atom. The summed E-state index contributed by atoms with van der Waals surface area (Å²) in [6, 6.07) is 0. The molecule has 2 aliphatic rings. The van der Waals surface area contributed by atoms with Gasteiger partial charge in [0, 0.05) is 12.1 Å². The largest absolute Gasteiger partial charge is 0.317 e. The van der Waals surface area contributed by atoms with Crippen LogP contribution < -0.4 is 10.6 Å². The standard InChI is InChI=1S/C15H30N2/c1-3-15(9-11-16-12-10-15)13-17-14(2)7-5-4-6-8-14/h16-17H,3-13H2,1-2H3. The highest BCUT2D eigenvalue weighted by Crippen LogP contribution is 2.34. The van der Waals surface area contributed by atoms with Gasteiger partial charge in [0.2, 0.25) is 0 Å². The van der Waals surface area contributed by atoms with Crippen LogP contribution in [0.1, 0.15) is 65.2 Å². The molecular formula is C15H30N2. The van der Waals surface area contributed by atoms with E-state index in [4.69, 9.17) is 0 Å². The smallest absolute Gasteiger partial charge is 0.0153 e. The highest BCUT2D eigenvalue weighted by molar-refractivity contribution is 4.92. The Bertz CT molecular complexity index is 225. The minimum Gasteiger partial charge on any atom is -0.317 e. The lowest BCUT2D eigenvalue weighted by atomic mass is 9.75. The van der Waals surface area contributed by atoms with E-state index >= 15 is 0 Å². The summed E-state index contributed by atoms with van der Waals surface area (Å²) in [6.07, 6.45) is 11.1. The van der Waals surface area contributed by atoms with Crippen LogP contribution in [0.5, 0.6) is 0 Å². The minimum atomic E-state index is 0.436. The average molecular weight is 238 g/mol. The highest BCUT2D eigenvalue weighted by atomic mass is 15.0. The summed E-state index contributed by atoms with van der Waals surface area (Å²) in [5.74, 6) is 0. The number of hydrogen-bond donors (Lipinski definition) is 2. The van der Waals surface area contributed by atoms with Crippen molar-refractivity contribution in [1.29, 1.82) is 0 Å². The Hall–Kier alpha value is -0.0800. The first-order valence-electron chi connectivity index (χ1n) is 7.64. The third-order valence-corrected chi connectivity index (χ3v) is 5.26. The van der Waals surface area contributed by atoms with Gasteiger partial charge in [0.25, 0.3) is 0 Å². The van der Waals surface area contributed by atoms with E-state index in [9.17, 15) is 0 Å². The fourth-order valence-electron chi connectivity index (χ4n) is 3.52. The molecule has 1 heterocycles. The fraction of sp³-hybridized carbons (Fsp3) is 1.00. The van der Waals surface area contributed by atoms with E-state index < -0.39 is 0 Å².